The van der Waals surface area contributed by atoms with Crippen molar-refractivity contribution in [3.8, 4) is 0 Å². The molecule has 0 aliphatic rings. The summed E-state index contributed by atoms with van der Waals surface area (Å²) in [5, 5.41) is 3.17. The summed E-state index contributed by atoms with van der Waals surface area (Å²) >= 11 is 0. The summed E-state index contributed by atoms with van der Waals surface area (Å²) < 4.78 is 37.3. The Labute approximate surface area is 167 Å². The van der Waals surface area contributed by atoms with E-state index in [-0.39, 0.29) is 18.4 Å². The van der Waals surface area contributed by atoms with Gasteiger partial charge < -0.3 is 5.32 Å². The average Bonchev–Trinajstić information content (AvgIpc) is 2.55. The van der Waals surface area contributed by atoms with Crippen LogP contribution in [0.5, 0.6) is 0 Å². The molecule has 1 unspecified atom stereocenters. The molecule has 2 aromatic carbocycles. The number of hydrogen-bond acceptors (Lipinski definition) is 1. The van der Waals surface area contributed by atoms with Gasteiger partial charge in [0.25, 0.3) is 0 Å². The van der Waals surface area contributed by atoms with Crippen LogP contribution in [0.4, 0.5) is 13.2 Å². The highest BCUT2D eigenvalue weighted by molar-refractivity contribution is 5.85. The van der Waals surface area contributed by atoms with Gasteiger partial charge in [-0.1, -0.05) is 69.3 Å². The van der Waals surface area contributed by atoms with Crippen LogP contribution in [-0.4, -0.2) is 12.6 Å². The average molecular weight is 402 g/mol. The zero-order chi connectivity index (χ0) is 19.6. The lowest BCUT2D eigenvalue weighted by molar-refractivity contribution is -0.137. The van der Waals surface area contributed by atoms with Crippen molar-refractivity contribution in [3.63, 3.8) is 0 Å². The topological polar surface area (TPSA) is 12.0 Å². The lowest BCUT2D eigenvalue weighted by Gasteiger charge is -2.13. The van der Waals surface area contributed by atoms with Crippen LogP contribution in [0.25, 0.3) is 0 Å². The van der Waals surface area contributed by atoms with E-state index in [4.69, 9.17) is 0 Å². The van der Waals surface area contributed by atoms with E-state index >= 15 is 0 Å². The Hall–Kier alpha value is -1.52. The second-order valence-corrected chi connectivity index (χ2v) is 6.94. The number of rotatable bonds is 6. The third-order valence-electron chi connectivity index (χ3n) is 3.84. The molecule has 0 aliphatic carbocycles. The molecule has 5 heteroatoms. The van der Waals surface area contributed by atoms with E-state index in [1.165, 1.54) is 24.1 Å². The van der Waals surface area contributed by atoms with Crippen molar-refractivity contribution in [2.75, 3.05) is 6.54 Å². The molecule has 0 fully saturated rings. The van der Waals surface area contributed by atoms with Crippen LogP contribution in [-0.2, 0) is 19.0 Å². The van der Waals surface area contributed by atoms with Gasteiger partial charge in [-0.05, 0) is 49.4 Å². The lowest BCUT2D eigenvalue weighted by Crippen LogP contribution is -2.27. The van der Waals surface area contributed by atoms with Gasteiger partial charge in [0.05, 0.1) is 5.56 Å². The van der Waals surface area contributed by atoms with Crippen LogP contribution in [0.15, 0.2) is 54.6 Å². The van der Waals surface area contributed by atoms with E-state index in [0.717, 1.165) is 18.5 Å². The quantitative estimate of drug-likeness (QED) is 0.578. The number of likely N-dealkylation sites (N-methyl/N-ethyl adjacent to an activating group) is 1. The van der Waals surface area contributed by atoms with E-state index in [1.54, 1.807) is 6.07 Å². The van der Waals surface area contributed by atoms with Gasteiger partial charge in [0, 0.05) is 6.04 Å². The molecule has 2 aromatic rings. The first-order valence-corrected chi connectivity index (χ1v) is 9.15. The maximum atomic E-state index is 12.4. The van der Waals surface area contributed by atoms with Crippen LogP contribution in [0, 0.1) is 5.92 Å². The molecular formula is C22H31ClF3N. The van der Waals surface area contributed by atoms with E-state index < -0.39 is 11.7 Å². The summed E-state index contributed by atoms with van der Waals surface area (Å²) in [6.07, 6.45) is -2.45. The van der Waals surface area contributed by atoms with Crippen LogP contribution in [0.3, 0.4) is 0 Å². The van der Waals surface area contributed by atoms with Gasteiger partial charge in [-0.25, -0.2) is 0 Å². The number of alkyl halides is 3. The molecule has 0 aromatic heterocycles. The second kappa shape index (κ2) is 12.8. The Morgan fingerprint density at radius 3 is 1.96 bits per heavy atom. The fraction of sp³-hybridized carbons (Fsp3) is 0.455. The number of halogens is 4. The van der Waals surface area contributed by atoms with Gasteiger partial charge in [-0.3, -0.25) is 0 Å². The fourth-order valence-corrected chi connectivity index (χ4v) is 2.73. The molecule has 2 rings (SSSR count). The maximum Gasteiger partial charge on any atom is 0.416 e. The highest BCUT2D eigenvalue weighted by Crippen LogP contribution is 2.29. The Kier molecular flexibility index (Phi) is 12.1. The van der Waals surface area contributed by atoms with Crippen molar-refractivity contribution >= 4 is 12.4 Å². The minimum absolute atomic E-state index is 0. The molecule has 0 radical (unpaired) electrons. The van der Waals surface area contributed by atoms with Crippen LogP contribution in [0.2, 0.25) is 0 Å². The van der Waals surface area contributed by atoms with E-state index in [1.807, 2.05) is 13.8 Å². The second-order valence-electron chi connectivity index (χ2n) is 6.94. The zero-order valence-electron chi connectivity index (χ0n) is 16.5. The fourth-order valence-electron chi connectivity index (χ4n) is 2.73. The largest absolute Gasteiger partial charge is 0.416 e. The van der Waals surface area contributed by atoms with Crippen molar-refractivity contribution < 1.29 is 13.2 Å². The standard InChI is InChI=1S/C12H16F3N.C10H14.ClH/c1-3-16-9(2)7-10-5-4-6-11(8-10)12(13,14)15;1-9(2)8-10-6-4-3-5-7-10;/h4-6,8-9,16H,3,7H2,1-2H3;3-7,9H,8H2,1-2H3;1H. The smallest absolute Gasteiger partial charge is 0.314 e. The predicted molar refractivity (Wildman–Crippen MR) is 111 cm³/mol. The Bertz CT molecular complexity index is 627. The molecule has 0 aliphatic heterocycles. The minimum atomic E-state index is -4.25. The summed E-state index contributed by atoms with van der Waals surface area (Å²) in [5.74, 6) is 0.766. The summed E-state index contributed by atoms with van der Waals surface area (Å²) in [6.45, 7) is 9.24. The molecule has 27 heavy (non-hydrogen) atoms. The highest BCUT2D eigenvalue weighted by atomic mass is 35.5. The Balaban J connectivity index is 0.000000531. The molecule has 152 valence electrons. The summed E-state index contributed by atoms with van der Waals surface area (Å²) in [7, 11) is 0. The highest BCUT2D eigenvalue weighted by Gasteiger charge is 2.30. The Morgan fingerprint density at radius 1 is 0.852 bits per heavy atom. The first-order valence-electron chi connectivity index (χ1n) is 9.15. The van der Waals surface area contributed by atoms with Crippen molar-refractivity contribution in [2.24, 2.45) is 5.92 Å². The maximum absolute atomic E-state index is 12.4. The van der Waals surface area contributed by atoms with Gasteiger partial charge in [-0.15, -0.1) is 12.4 Å². The molecule has 0 saturated heterocycles. The third kappa shape index (κ3) is 11.0. The Morgan fingerprint density at radius 2 is 1.44 bits per heavy atom. The van der Waals surface area contributed by atoms with Crippen LogP contribution >= 0.6 is 12.4 Å². The van der Waals surface area contributed by atoms with Crippen molar-refractivity contribution in [1.29, 1.82) is 0 Å². The van der Waals surface area contributed by atoms with Crippen LogP contribution < -0.4 is 5.32 Å². The minimum Gasteiger partial charge on any atom is -0.314 e. The summed E-state index contributed by atoms with van der Waals surface area (Å²) in [5.41, 5.74) is 1.58. The summed E-state index contributed by atoms with van der Waals surface area (Å²) in [6, 6.07) is 16.3. The molecule has 1 N–H and O–H groups in total. The first kappa shape index (κ1) is 25.5. The molecule has 0 heterocycles. The SMILES string of the molecule is CC(C)Cc1ccccc1.CCNC(C)Cc1cccc(C(F)(F)F)c1.Cl. The van der Waals surface area contributed by atoms with Crippen molar-refractivity contribution in [2.45, 2.75) is 52.8 Å². The van der Waals surface area contributed by atoms with Gasteiger partial charge in [-0.2, -0.15) is 13.2 Å². The molecule has 1 nitrogen and oxygen atoms in total. The molecular weight excluding hydrogens is 371 g/mol. The van der Waals surface area contributed by atoms with Gasteiger partial charge in [0.1, 0.15) is 0 Å². The summed E-state index contributed by atoms with van der Waals surface area (Å²) in [4.78, 5) is 0. The van der Waals surface area contributed by atoms with E-state index in [9.17, 15) is 13.2 Å². The predicted octanol–water partition coefficient (Wildman–Crippen LogP) is 6.55. The molecule has 0 bridgehead atoms. The number of hydrogen-bond donors (Lipinski definition) is 1. The molecule has 0 amide bonds. The number of nitrogens with one attached hydrogen (secondary N) is 1. The van der Waals surface area contributed by atoms with E-state index in [2.05, 4.69) is 49.5 Å². The van der Waals surface area contributed by atoms with Crippen LogP contribution in [0.1, 0.15) is 44.4 Å². The van der Waals surface area contributed by atoms with E-state index in [0.29, 0.717) is 12.0 Å². The molecule has 0 saturated carbocycles. The monoisotopic (exact) mass is 401 g/mol. The zero-order valence-corrected chi connectivity index (χ0v) is 17.3. The molecule has 0 spiro atoms. The normalized spacial score (nSPS) is 12.0. The molecule has 1 atom stereocenters. The number of benzene rings is 2. The lowest BCUT2D eigenvalue weighted by atomic mass is 10.0. The van der Waals surface area contributed by atoms with Gasteiger partial charge in [0.15, 0.2) is 0 Å². The first-order chi connectivity index (χ1) is 12.2. The third-order valence-corrected chi connectivity index (χ3v) is 3.84. The van der Waals surface area contributed by atoms with Crippen molar-refractivity contribution in [1.82, 2.24) is 5.32 Å². The van der Waals surface area contributed by atoms with Gasteiger partial charge >= 0.3 is 6.18 Å². The van der Waals surface area contributed by atoms with Gasteiger partial charge in [0.2, 0.25) is 0 Å². The van der Waals surface area contributed by atoms with Crippen molar-refractivity contribution in [3.05, 3.63) is 71.3 Å².